The first kappa shape index (κ1) is 33.6. The van der Waals surface area contributed by atoms with Crippen molar-refractivity contribution in [2.45, 2.75) is 25.3 Å². The molecule has 4 aromatic rings. The molecule has 0 radical (unpaired) electrons. The van der Waals surface area contributed by atoms with E-state index in [-0.39, 0.29) is 17.7 Å². The van der Waals surface area contributed by atoms with Gasteiger partial charge in [-0.3, -0.25) is 9.69 Å². The average molecular weight is 715 g/mol. The van der Waals surface area contributed by atoms with Crippen LogP contribution < -0.4 is 4.90 Å². The van der Waals surface area contributed by atoms with Crippen molar-refractivity contribution in [3.63, 3.8) is 0 Å². The van der Waals surface area contributed by atoms with E-state index in [1.54, 1.807) is 53.4 Å². The van der Waals surface area contributed by atoms with Gasteiger partial charge in [-0.25, -0.2) is 22.5 Å². The summed E-state index contributed by atoms with van der Waals surface area (Å²) in [5, 5.41) is 21.4. The summed E-state index contributed by atoms with van der Waals surface area (Å²) in [4.78, 5) is 36.2. The third kappa shape index (κ3) is 7.09. The summed E-state index contributed by atoms with van der Waals surface area (Å²) in [5.74, 6) is 0.607. The highest BCUT2D eigenvalue weighted by Crippen LogP contribution is 2.43. The van der Waals surface area contributed by atoms with Crippen LogP contribution in [0.25, 0.3) is 23.0 Å². The minimum absolute atomic E-state index is 0.107. The molecule has 2 saturated heterocycles. The van der Waals surface area contributed by atoms with E-state index in [2.05, 4.69) is 20.5 Å². The number of halogens is 2. The number of amides is 2. The van der Waals surface area contributed by atoms with Crippen LogP contribution in [-0.4, -0.2) is 97.8 Å². The second-order valence-corrected chi connectivity index (χ2v) is 14.8. The van der Waals surface area contributed by atoms with Crippen molar-refractivity contribution in [2.75, 3.05) is 37.8 Å². The van der Waals surface area contributed by atoms with E-state index in [4.69, 9.17) is 28.2 Å². The summed E-state index contributed by atoms with van der Waals surface area (Å²) in [6.45, 7) is 1.34. The van der Waals surface area contributed by atoms with Crippen LogP contribution in [0.1, 0.15) is 36.7 Å². The first-order valence-electron chi connectivity index (χ1n) is 15.2. The monoisotopic (exact) mass is 713 g/mol. The number of carbonyl (C=O) groups is 2. The van der Waals surface area contributed by atoms with E-state index in [0.717, 1.165) is 4.90 Å². The molecule has 0 unspecified atom stereocenters. The van der Waals surface area contributed by atoms with Crippen LogP contribution in [0.5, 0.6) is 0 Å². The highest BCUT2D eigenvalue weighted by molar-refractivity contribution is 7.88. The molecule has 0 aliphatic carbocycles. The number of benzene rings is 2. The normalized spacial score (nSPS) is 19.3. The van der Waals surface area contributed by atoms with E-state index in [9.17, 15) is 23.1 Å². The lowest BCUT2D eigenvalue weighted by molar-refractivity contribution is -0.127. The topological polar surface area (TPSA) is 171 Å². The predicted molar refractivity (Wildman–Crippen MR) is 180 cm³/mol. The molecule has 0 saturated carbocycles. The lowest BCUT2D eigenvalue weighted by atomic mass is 9.83. The number of hydrogen-bond donors (Lipinski definition) is 2. The molecule has 48 heavy (non-hydrogen) atoms. The Labute approximate surface area is 287 Å². The quantitative estimate of drug-likeness (QED) is 0.245. The maximum atomic E-state index is 14.0. The van der Waals surface area contributed by atoms with Crippen molar-refractivity contribution in [3.8, 4) is 16.9 Å². The van der Waals surface area contributed by atoms with Gasteiger partial charge in [-0.15, -0.1) is 5.10 Å². The molecular weight excluding hydrogens is 681 g/mol. The van der Waals surface area contributed by atoms with E-state index in [1.807, 2.05) is 0 Å². The van der Waals surface area contributed by atoms with Gasteiger partial charge in [-0.2, -0.15) is 4.68 Å². The Morgan fingerprint density at radius 2 is 1.81 bits per heavy atom. The number of H-pyrrole nitrogens is 1. The van der Waals surface area contributed by atoms with Gasteiger partial charge in [0.2, 0.25) is 15.9 Å². The maximum Gasteiger partial charge on any atom is 0.411 e. The number of carboxylic acid groups (broad SMARTS) is 1. The molecule has 252 valence electrons. The first-order chi connectivity index (χ1) is 22.9. The summed E-state index contributed by atoms with van der Waals surface area (Å²) in [7, 11) is -1.82. The molecule has 6 rings (SSSR count). The number of imidazole rings is 1. The predicted octanol–water partition coefficient (Wildman–Crippen LogP) is 4.75. The summed E-state index contributed by atoms with van der Waals surface area (Å²) < 4.78 is 27.2. The van der Waals surface area contributed by atoms with Crippen LogP contribution in [0.4, 0.5) is 10.5 Å². The summed E-state index contributed by atoms with van der Waals surface area (Å²) >= 11 is 13.0. The number of hydrogen-bond acceptors (Lipinski definition) is 8. The second-order valence-electron chi connectivity index (χ2n) is 12.0. The highest BCUT2D eigenvalue weighted by atomic mass is 35.5. The summed E-state index contributed by atoms with van der Waals surface area (Å²) in [6.07, 6.45) is 6.77. The molecule has 2 atom stereocenters. The Kier molecular flexibility index (Phi) is 9.56. The highest BCUT2D eigenvalue weighted by Gasteiger charge is 2.42. The van der Waals surface area contributed by atoms with E-state index in [1.165, 1.54) is 34.7 Å². The van der Waals surface area contributed by atoms with Crippen LogP contribution in [0.3, 0.4) is 0 Å². The standard InChI is InChI=1S/C31H33Cl2N9O5S/c1-39(31(44)45)24-7-3-20(4-8-24)28-29(33)36-30(35-28)26-16-22(19-11-13-40(14-12-19)48(2,46)47)17-41(26)27(43)10-5-21-15-23(32)6-9-25(21)42-18-34-37-38-42/h3-10,15,18-19,22,26H,11-14,16-17H2,1-2H3,(H,35,36)(H,44,45)/b10-5+/t22-,26-/m0/s1. The van der Waals surface area contributed by atoms with E-state index in [0.29, 0.717) is 83.1 Å². The lowest BCUT2D eigenvalue weighted by Crippen LogP contribution is -2.40. The Morgan fingerprint density at radius 1 is 1.08 bits per heavy atom. The molecule has 4 heterocycles. The fraction of sp³-hybridized carbons (Fsp3) is 0.355. The molecule has 2 aromatic carbocycles. The van der Waals surface area contributed by atoms with Crippen LogP contribution in [0.2, 0.25) is 10.2 Å². The molecule has 0 bridgehead atoms. The SMILES string of the molecule is CN(C(=O)O)c1ccc(-c2nc([C@@H]3C[C@H](C4CCN(S(C)(=O)=O)CC4)CN3C(=O)/C=C/c3cc(Cl)ccc3-n3cnnn3)[nH]c2Cl)cc1. The lowest BCUT2D eigenvalue weighted by Gasteiger charge is -2.33. The largest absolute Gasteiger partial charge is 0.465 e. The third-order valence-corrected chi connectivity index (χ3v) is 10.9. The van der Waals surface area contributed by atoms with Crippen molar-refractivity contribution in [2.24, 2.45) is 11.8 Å². The molecule has 2 amide bonds. The molecule has 2 aliphatic heterocycles. The summed E-state index contributed by atoms with van der Waals surface area (Å²) in [6, 6.07) is 11.6. The van der Waals surface area contributed by atoms with Gasteiger partial charge in [0.1, 0.15) is 23.0 Å². The number of anilines is 1. The van der Waals surface area contributed by atoms with Crippen molar-refractivity contribution < 1.29 is 23.1 Å². The molecule has 2 aromatic heterocycles. The Morgan fingerprint density at radius 3 is 2.46 bits per heavy atom. The smallest absolute Gasteiger partial charge is 0.411 e. The number of likely N-dealkylation sites (tertiary alicyclic amines) is 1. The maximum absolute atomic E-state index is 14.0. The Bertz CT molecular complexity index is 1940. The van der Waals surface area contributed by atoms with Gasteiger partial charge in [0.05, 0.1) is 18.0 Å². The number of nitrogens with zero attached hydrogens (tertiary/aromatic N) is 8. The van der Waals surface area contributed by atoms with Gasteiger partial charge in [-0.05, 0) is 77.9 Å². The van der Waals surface area contributed by atoms with Crippen LogP contribution in [0, 0.1) is 11.8 Å². The van der Waals surface area contributed by atoms with Gasteiger partial charge in [0.15, 0.2) is 0 Å². The fourth-order valence-corrected chi connectivity index (χ4v) is 7.76. The number of tetrazole rings is 1. The number of carbonyl (C=O) groups excluding carboxylic acids is 1. The Balaban J connectivity index is 1.29. The minimum atomic E-state index is -3.27. The van der Waals surface area contributed by atoms with Crippen LogP contribution in [0.15, 0.2) is 54.9 Å². The molecule has 2 aliphatic rings. The van der Waals surface area contributed by atoms with Gasteiger partial charge < -0.3 is 15.0 Å². The fourth-order valence-electron chi connectivity index (χ4n) is 6.46. The number of aromatic nitrogens is 6. The average Bonchev–Trinajstić information content (AvgIpc) is 3.84. The molecule has 2 fully saturated rings. The van der Waals surface area contributed by atoms with Gasteiger partial charge in [0.25, 0.3) is 0 Å². The van der Waals surface area contributed by atoms with E-state index >= 15 is 0 Å². The zero-order chi connectivity index (χ0) is 34.2. The third-order valence-electron chi connectivity index (χ3n) is 9.05. The number of aromatic amines is 1. The first-order valence-corrected chi connectivity index (χ1v) is 17.8. The molecule has 2 N–H and O–H groups in total. The Hall–Kier alpha value is -4.31. The van der Waals surface area contributed by atoms with Crippen molar-refractivity contribution in [3.05, 3.63) is 76.4 Å². The van der Waals surface area contributed by atoms with Crippen LogP contribution in [-0.2, 0) is 14.8 Å². The number of piperidine rings is 1. The second kappa shape index (κ2) is 13.7. The van der Waals surface area contributed by atoms with Crippen molar-refractivity contribution in [1.82, 2.24) is 39.4 Å². The van der Waals surface area contributed by atoms with Crippen molar-refractivity contribution >= 4 is 57.0 Å². The zero-order valence-electron chi connectivity index (χ0n) is 26.1. The van der Waals surface area contributed by atoms with Gasteiger partial charge in [0, 0.05) is 54.6 Å². The summed E-state index contributed by atoms with van der Waals surface area (Å²) in [5.41, 5.74) is 2.94. The van der Waals surface area contributed by atoms with E-state index < -0.39 is 22.2 Å². The molecule has 0 spiro atoms. The minimum Gasteiger partial charge on any atom is -0.465 e. The number of sulfonamides is 1. The number of rotatable bonds is 8. The zero-order valence-corrected chi connectivity index (χ0v) is 28.4. The van der Waals surface area contributed by atoms with Gasteiger partial charge >= 0.3 is 6.09 Å². The molecule has 17 heteroatoms. The van der Waals surface area contributed by atoms with Crippen molar-refractivity contribution in [1.29, 1.82) is 0 Å². The number of nitrogens with one attached hydrogen (secondary N) is 1. The van der Waals surface area contributed by atoms with Gasteiger partial charge in [-0.1, -0.05) is 35.3 Å². The molecular formula is C31H33Cl2N9O5S. The molecule has 14 nitrogen and oxygen atoms in total. The van der Waals surface area contributed by atoms with Crippen LogP contribution >= 0.6 is 23.2 Å².